The Labute approximate surface area is 232 Å². The number of anilines is 4. The van der Waals surface area contributed by atoms with E-state index in [-0.39, 0.29) is 0 Å². The fraction of sp³-hybridized carbons (Fsp3) is 0.200. The van der Waals surface area contributed by atoms with E-state index in [1.54, 1.807) is 6.21 Å². The van der Waals surface area contributed by atoms with Crippen molar-refractivity contribution >= 4 is 40.6 Å². The number of rotatable bonds is 10. The molecule has 0 aliphatic carbocycles. The molecule has 0 bridgehead atoms. The topological polar surface area (TPSA) is 102 Å². The maximum atomic E-state index is 5.92. The molecule has 1 fully saturated rings. The molecule has 0 saturated carbocycles. The van der Waals surface area contributed by atoms with Crippen molar-refractivity contribution in [2.24, 2.45) is 5.10 Å². The first-order valence-electron chi connectivity index (χ1n) is 13.3. The van der Waals surface area contributed by atoms with Crippen LogP contribution in [0.3, 0.4) is 0 Å². The Morgan fingerprint density at radius 2 is 1.57 bits per heavy atom. The normalized spacial score (nSPS) is 13.6. The Hall–Kier alpha value is -4.96. The third kappa shape index (κ3) is 6.19. The van der Waals surface area contributed by atoms with Crippen LogP contribution in [-0.4, -0.2) is 58.6 Å². The van der Waals surface area contributed by atoms with Crippen molar-refractivity contribution in [1.82, 2.24) is 19.5 Å². The Morgan fingerprint density at radius 3 is 2.40 bits per heavy atom. The zero-order valence-electron chi connectivity index (χ0n) is 22.0. The molecule has 6 rings (SSSR count). The van der Waals surface area contributed by atoms with Crippen LogP contribution in [0.4, 0.5) is 23.5 Å². The molecule has 0 radical (unpaired) electrons. The van der Waals surface area contributed by atoms with Crippen LogP contribution in [0.5, 0.6) is 5.75 Å². The van der Waals surface area contributed by atoms with Gasteiger partial charge < -0.3 is 24.3 Å². The van der Waals surface area contributed by atoms with Crippen LogP contribution in [0.1, 0.15) is 5.56 Å². The van der Waals surface area contributed by atoms with Gasteiger partial charge in [0.25, 0.3) is 0 Å². The van der Waals surface area contributed by atoms with Crippen LogP contribution in [0.2, 0.25) is 0 Å². The van der Waals surface area contributed by atoms with Gasteiger partial charge in [0.15, 0.2) is 0 Å². The van der Waals surface area contributed by atoms with E-state index in [1.807, 2.05) is 72.8 Å². The predicted octanol–water partition coefficient (Wildman–Crippen LogP) is 4.93. The van der Waals surface area contributed by atoms with Gasteiger partial charge in [-0.1, -0.05) is 54.6 Å². The molecule has 0 spiro atoms. The van der Waals surface area contributed by atoms with E-state index in [1.165, 1.54) is 0 Å². The Kier molecular flexibility index (Phi) is 7.77. The molecule has 40 heavy (non-hydrogen) atoms. The molecule has 3 heterocycles. The van der Waals surface area contributed by atoms with E-state index in [0.29, 0.717) is 57.3 Å². The number of nitrogens with one attached hydrogen (secondary N) is 2. The lowest BCUT2D eigenvalue weighted by atomic mass is 10.2. The lowest BCUT2D eigenvalue weighted by molar-refractivity contribution is 0.122. The molecule has 202 valence electrons. The van der Waals surface area contributed by atoms with Crippen LogP contribution < -0.4 is 20.4 Å². The maximum absolute atomic E-state index is 5.92. The smallest absolute Gasteiger partial charge is 0.250 e. The minimum absolute atomic E-state index is 0.353. The largest absolute Gasteiger partial charge is 0.492 e. The maximum Gasteiger partial charge on any atom is 0.250 e. The van der Waals surface area contributed by atoms with Crippen molar-refractivity contribution < 1.29 is 9.47 Å². The Morgan fingerprint density at radius 1 is 0.850 bits per heavy atom. The van der Waals surface area contributed by atoms with Gasteiger partial charge in [-0.3, -0.25) is 0 Å². The highest BCUT2D eigenvalue weighted by atomic mass is 16.5. The predicted molar refractivity (Wildman–Crippen MR) is 158 cm³/mol. The summed E-state index contributed by atoms with van der Waals surface area (Å²) in [5.41, 5.74) is 6.00. The van der Waals surface area contributed by atoms with Gasteiger partial charge in [0.2, 0.25) is 17.8 Å². The molecular formula is C30H30N8O2. The summed E-state index contributed by atoms with van der Waals surface area (Å²) in [7, 11) is 0. The van der Waals surface area contributed by atoms with E-state index in [9.17, 15) is 0 Å². The second-order valence-electron chi connectivity index (χ2n) is 9.20. The fourth-order valence-corrected chi connectivity index (χ4v) is 4.53. The first-order chi connectivity index (χ1) is 19.8. The molecule has 1 saturated heterocycles. The van der Waals surface area contributed by atoms with Crippen molar-refractivity contribution in [3.8, 4) is 5.75 Å². The van der Waals surface area contributed by atoms with Crippen molar-refractivity contribution in [2.75, 3.05) is 48.6 Å². The quantitative estimate of drug-likeness (QED) is 0.192. The number of nitrogens with zero attached hydrogens (tertiary/aromatic N) is 6. The van der Waals surface area contributed by atoms with E-state index in [2.05, 4.69) is 58.6 Å². The van der Waals surface area contributed by atoms with Gasteiger partial charge in [-0.05, 0) is 30.3 Å². The monoisotopic (exact) mass is 534 g/mol. The number of hydrogen-bond acceptors (Lipinski definition) is 9. The summed E-state index contributed by atoms with van der Waals surface area (Å²) in [4.78, 5) is 15.9. The molecule has 10 nitrogen and oxygen atoms in total. The van der Waals surface area contributed by atoms with Crippen LogP contribution in [-0.2, 0) is 11.3 Å². The molecule has 2 aromatic heterocycles. The molecular weight excluding hydrogens is 504 g/mol. The molecule has 5 aromatic rings. The van der Waals surface area contributed by atoms with Crippen LogP contribution in [0.15, 0.2) is 96.2 Å². The second-order valence-corrected chi connectivity index (χ2v) is 9.20. The van der Waals surface area contributed by atoms with Crippen molar-refractivity contribution in [2.45, 2.75) is 6.54 Å². The van der Waals surface area contributed by atoms with Crippen molar-refractivity contribution in [1.29, 1.82) is 0 Å². The first-order valence-corrected chi connectivity index (χ1v) is 13.3. The number of hydrazone groups is 1. The van der Waals surface area contributed by atoms with Gasteiger partial charge in [0, 0.05) is 41.4 Å². The van der Waals surface area contributed by atoms with Crippen LogP contribution in [0.25, 0.3) is 10.9 Å². The third-order valence-corrected chi connectivity index (χ3v) is 6.48. The lowest BCUT2D eigenvalue weighted by Gasteiger charge is -2.27. The summed E-state index contributed by atoms with van der Waals surface area (Å²) in [6, 6.07) is 27.9. The van der Waals surface area contributed by atoms with Gasteiger partial charge in [-0.15, -0.1) is 0 Å². The molecule has 1 aliphatic heterocycles. The molecule has 3 aromatic carbocycles. The molecule has 1 aliphatic rings. The van der Waals surface area contributed by atoms with Crippen LogP contribution >= 0.6 is 0 Å². The Balaban J connectivity index is 1.20. The van der Waals surface area contributed by atoms with Crippen molar-refractivity contribution in [3.05, 3.63) is 96.7 Å². The zero-order valence-corrected chi connectivity index (χ0v) is 22.0. The summed E-state index contributed by atoms with van der Waals surface area (Å²) in [5, 5.41) is 8.86. The average molecular weight is 535 g/mol. The average Bonchev–Trinajstić information content (AvgIpc) is 3.36. The summed E-state index contributed by atoms with van der Waals surface area (Å²) >= 11 is 0. The van der Waals surface area contributed by atoms with Gasteiger partial charge in [-0.25, -0.2) is 5.43 Å². The number of benzene rings is 3. The highest BCUT2D eigenvalue weighted by molar-refractivity contribution is 5.99. The number of fused-ring (bicyclic) bond motifs is 1. The minimum atomic E-state index is 0.353. The highest BCUT2D eigenvalue weighted by Crippen LogP contribution is 2.21. The third-order valence-electron chi connectivity index (χ3n) is 6.48. The van der Waals surface area contributed by atoms with Gasteiger partial charge in [-0.2, -0.15) is 20.1 Å². The number of aromatic nitrogens is 4. The van der Waals surface area contributed by atoms with E-state index in [4.69, 9.17) is 9.47 Å². The fourth-order valence-electron chi connectivity index (χ4n) is 4.53. The van der Waals surface area contributed by atoms with E-state index in [0.717, 1.165) is 27.9 Å². The number of hydrogen-bond donors (Lipinski definition) is 2. The van der Waals surface area contributed by atoms with Crippen molar-refractivity contribution in [3.63, 3.8) is 0 Å². The zero-order chi connectivity index (χ0) is 27.0. The highest BCUT2D eigenvalue weighted by Gasteiger charge is 2.17. The molecule has 0 amide bonds. The minimum Gasteiger partial charge on any atom is -0.492 e. The number of para-hydroxylation sites is 3. The summed E-state index contributed by atoms with van der Waals surface area (Å²) < 4.78 is 13.6. The van der Waals surface area contributed by atoms with Gasteiger partial charge in [0.1, 0.15) is 12.4 Å². The first kappa shape index (κ1) is 25.3. The van der Waals surface area contributed by atoms with Gasteiger partial charge in [0.05, 0.1) is 26.0 Å². The molecule has 10 heteroatoms. The summed E-state index contributed by atoms with van der Waals surface area (Å²) in [5.74, 6) is 2.23. The van der Waals surface area contributed by atoms with E-state index >= 15 is 0 Å². The molecule has 0 unspecified atom stereocenters. The summed E-state index contributed by atoms with van der Waals surface area (Å²) in [6.45, 7) is 3.96. The van der Waals surface area contributed by atoms with E-state index < -0.39 is 0 Å². The number of ether oxygens (including phenoxy) is 2. The number of morpholine rings is 1. The van der Waals surface area contributed by atoms with Gasteiger partial charge >= 0.3 is 0 Å². The lowest BCUT2D eigenvalue weighted by Crippen LogP contribution is -2.37. The summed E-state index contributed by atoms with van der Waals surface area (Å²) in [6.07, 6.45) is 3.87. The Bertz CT molecular complexity index is 1570. The standard InChI is InChI=1S/C30H30N8O2/c1-3-9-24(10-4-1)32-28-33-29(35-30(34-28)37-15-18-39-19-16-37)36-31-21-23-22-38(27-14-8-7-13-26(23)27)17-20-40-25-11-5-2-6-12-25/h1-14,21-22H,15-20H2,(H2,32,33,34,35,36)/b31-21+. The molecule has 2 N–H and O–H groups in total. The second kappa shape index (κ2) is 12.3. The van der Waals surface area contributed by atoms with Crippen LogP contribution in [0, 0.1) is 0 Å². The SMILES string of the molecule is C(=N\Nc1nc(Nc2ccccc2)nc(N2CCOCC2)n1)/c1cn(CCOc2ccccc2)c2ccccc12. The molecule has 0 atom stereocenters.